The summed E-state index contributed by atoms with van der Waals surface area (Å²) in [6.45, 7) is -0.714. The molecule has 4 amide bonds. The normalized spacial score (nSPS) is 14.5. The Hall–Kier alpha value is -5.12. The lowest BCUT2D eigenvalue weighted by Gasteiger charge is -2.20. The van der Waals surface area contributed by atoms with Crippen molar-refractivity contribution in [3.63, 3.8) is 0 Å². The number of nitrogens with one attached hydrogen (secondary N) is 2. The second-order valence-electron chi connectivity index (χ2n) is 10.4. The van der Waals surface area contributed by atoms with Crippen molar-refractivity contribution in [3.8, 4) is 11.1 Å². The molecule has 1 fully saturated rings. The molecule has 0 saturated carbocycles. The van der Waals surface area contributed by atoms with Crippen molar-refractivity contribution >= 4 is 72.4 Å². The van der Waals surface area contributed by atoms with Gasteiger partial charge >= 0.3 is 0 Å². The number of hydrogen-bond donors (Lipinski definition) is 2. The molecule has 4 aromatic carbocycles. The van der Waals surface area contributed by atoms with Gasteiger partial charge in [-0.15, -0.1) is 0 Å². The maximum Gasteiger partial charge on any atom is 0.294 e. The topological polar surface area (TPSA) is 173 Å². The number of carbonyl (C=O) groups excluding carboxylic acids is 4. The minimum atomic E-state index is -4.49. The van der Waals surface area contributed by atoms with E-state index in [1.54, 1.807) is 42.5 Å². The van der Waals surface area contributed by atoms with Crippen LogP contribution in [0.15, 0.2) is 117 Å². The number of nitrogens with zero attached hydrogens (tertiary/aromatic N) is 2. The maximum atomic E-state index is 13.3. The average Bonchev–Trinajstić information content (AvgIpc) is 3.33. The second kappa shape index (κ2) is 14.8. The highest BCUT2D eigenvalue weighted by atomic mass is 79.9. The molecule has 4 aromatic rings. The summed E-state index contributed by atoms with van der Waals surface area (Å²) in [7, 11) is -4.49. The molecule has 1 aliphatic rings. The minimum absolute atomic E-state index is 0.110. The first-order valence-electron chi connectivity index (χ1n) is 14.2. The quantitative estimate of drug-likeness (QED) is 0.117. The summed E-state index contributed by atoms with van der Waals surface area (Å²) in [6, 6.07) is 26.3. The van der Waals surface area contributed by atoms with E-state index in [2.05, 4.69) is 21.2 Å². The van der Waals surface area contributed by atoms with E-state index in [0.29, 0.717) is 22.9 Å². The van der Waals surface area contributed by atoms with Crippen LogP contribution in [-0.2, 0) is 30.8 Å². The fourth-order valence-electron chi connectivity index (χ4n) is 4.65. The number of halogens is 1. The molecule has 0 bridgehead atoms. The third-order valence-corrected chi connectivity index (χ3v) is 9.89. The maximum absolute atomic E-state index is 13.3. The van der Waals surface area contributed by atoms with Crippen molar-refractivity contribution in [2.24, 2.45) is 0 Å². The largest absolute Gasteiger partial charge is 0.342 e. The van der Waals surface area contributed by atoms with Crippen LogP contribution in [0.1, 0.15) is 11.1 Å². The predicted molar refractivity (Wildman–Crippen MR) is 183 cm³/mol. The zero-order valence-corrected chi connectivity index (χ0v) is 28.0. The molecule has 12 nitrogen and oxygen atoms in total. The van der Waals surface area contributed by atoms with Crippen molar-refractivity contribution in [1.29, 1.82) is 0 Å². The molecule has 1 aliphatic heterocycles. The van der Waals surface area contributed by atoms with E-state index in [1.807, 2.05) is 47.2 Å². The van der Waals surface area contributed by atoms with Gasteiger partial charge in [0.05, 0.1) is 14.7 Å². The van der Waals surface area contributed by atoms with Crippen molar-refractivity contribution in [1.82, 2.24) is 14.9 Å². The van der Waals surface area contributed by atoms with Gasteiger partial charge in [-0.25, -0.2) is 13.1 Å². The van der Waals surface area contributed by atoms with Crippen molar-refractivity contribution < 1.29 is 32.5 Å². The Morgan fingerprint density at radius 2 is 1.52 bits per heavy atom. The molecule has 2 N–H and O–H groups in total. The summed E-state index contributed by atoms with van der Waals surface area (Å²) < 4.78 is 28.5. The average molecular weight is 750 g/mol. The third kappa shape index (κ3) is 8.42. The number of nitro groups is 1. The molecular formula is C33H25BrN4O8S2. The first-order chi connectivity index (χ1) is 22.9. The predicted octanol–water partition coefficient (Wildman–Crippen LogP) is 5.29. The van der Waals surface area contributed by atoms with E-state index < -0.39 is 55.4 Å². The molecule has 0 radical (unpaired) electrons. The molecule has 48 heavy (non-hydrogen) atoms. The summed E-state index contributed by atoms with van der Waals surface area (Å²) in [5.74, 6) is -2.67. The lowest BCUT2D eigenvalue weighted by atomic mass is 10.0. The van der Waals surface area contributed by atoms with Crippen LogP contribution in [0.3, 0.4) is 0 Å². The van der Waals surface area contributed by atoms with Crippen LogP contribution >= 0.6 is 27.7 Å². The van der Waals surface area contributed by atoms with E-state index in [-0.39, 0.29) is 17.0 Å². The number of hydrogen-bond acceptors (Lipinski definition) is 9. The summed E-state index contributed by atoms with van der Waals surface area (Å²) in [4.78, 5) is 63.0. The molecule has 1 saturated heterocycles. The molecule has 0 unspecified atom stereocenters. The number of benzene rings is 4. The standard InChI is InChI=1S/C33H25BrN4O8S2/c34-25-12-8-21(9-13-25)18-28(31(40)36-48(45,46)27-16-14-26(15-17-27)38(43)44)35-30(39)20-37-32(41)29(47-33(37)42)19-22-6-10-24(11-7-22)23-4-2-1-3-5-23/h1-17,19,28H,18,20H2,(H,35,39)(H,36,40)/t28-/m0/s1. The van der Waals surface area contributed by atoms with E-state index in [4.69, 9.17) is 0 Å². The third-order valence-electron chi connectivity index (χ3n) is 7.09. The zero-order chi connectivity index (χ0) is 34.4. The fraction of sp³-hybridized carbons (Fsp3) is 0.0909. The first kappa shape index (κ1) is 34.2. The van der Waals surface area contributed by atoms with Gasteiger partial charge in [0, 0.05) is 23.0 Å². The Kier molecular flexibility index (Phi) is 10.5. The van der Waals surface area contributed by atoms with Gasteiger partial charge in [0.1, 0.15) is 12.6 Å². The lowest BCUT2D eigenvalue weighted by Crippen LogP contribution is -2.52. The van der Waals surface area contributed by atoms with Crippen LogP contribution in [0, 0.1) is 10.1 Å². The van der Waals surface area contributed by atoms with Crippen LogP contribution in [0.25, 0.3) is 17.2 Å². The van der Waals surface area contributed by atoms with Gasteiger partial charge in [-0.05, 0) is 64.4 Å². The Bertz CT molecular complexity index is 2020. The van der Waals surface area contributed by atoms with Gasteiger partial charge in [0.2, 0.25) is 5.91 Å². The van der Waals surface area contributed by atoms with Gasteiger partial charge in [-0.1, -0.05) is 82.7 Å². The molecule has 0 aliphatic carbocycles. The molecule has 0 spiro atoms. The summed E-state index contributed by atoms with van der Waals surface area (Å²) in [5.41, 5.74) is 2.89. The molecule has 15 heteroatoms. The zero-order valence-electron chi connectivity index (χ0n) is 24.7. The van der Waals surface area contributed by atoms with Gasteiger partial charge in [-0.2, -0.15) is 0 Å². The molecule has 1 atom stereocenters. The van der Waals surface area contributed by atoms with Gasteiger partial charge < -0.3 is 5.32 Å². The number of thioether (sulfide) groups is 1. The molecule has 0 aromatic heterocycles. The molecular weight excluding hydrogens is 724 g/mol. The number of amides is 4. The van der Waals surface area contributed by atoms with Crippen molar-refractivity contribution in [3.05, 3.63) is 134 Å². The summed E-state index contributed by atoms with van der Waals surface area (Å²) in [6.07, 6.45) is 1.41. The van der Waals surface area contributed by atoms with Crippen LogP contribution in [-0.4, -0.2) is 53.8 Å². The van der Waals surface area contributed by atoms with E-state index in [1.165, 1.54) is 0 Å². The second-order valence-corrected chi connectivity index (χ2v) is 14.0. The highest BCUT2D eigenvalue weighted by Crippen LogP contribution is 2.32. The van der Waals surface area contributed by atoms with E-state index in [9.17, 15) is 37.7 Å². The Labute approximate surface area is 287 Å². The number of imide groups is 1. The Balaban J connectivity index is 1.28. The van der Waals surface area contributed by atoms with E-state index >= 15 is 0 Å². The molecule has 244 valence electrons. The van der Waals surface area contributed by atoms with Gasteiger partial charge in [0.25, 0.3) is 32.8 Å². The first-order valence-corrected chi connectivity index (χ1v) is 17.2. The molecule has 1 heterocycles. The summed E-state index contributed by atoms with van der Waals surface area (Å²) in [5, 5.41) is 12.7. The molecule has 5 rings (SSSR count). The van der Waals surface area contributed by atoms with Crippen LogP contribution in [0.2, 0.25) is 0 Å². The van der Waals surface area contributed by atoms with Crippen molar-refractivity contribution in [2.45, 2.75) is 17.4 Å². The Morgan fingerprint density at radius 3 is 2.15 bits per heavy atom. The number of rotatable bonds is 11. The highest BCUT2D eigenvalue weighted by molar-refractivity contribution is 9.10. The number of non-ortho nitro benzene ring substituents is 1. The lowest BCUT2D eigenvalue weighted by molar-refractivity contribution is -0.384. The van der Waals surface area contributed by atoms with Gasteiger partial charge in [0.15, 0.2) is 0 Å². The van der Waals surface area contributed by atoms with Gasteiger partial charge in [-0.3, -0.25) is 34.2 Å². The smallest absolute Gasteiger partial charge is 0.294 e. The Morgan fingerprint density at radius 1 is 0.896 bits per heavy atom. The summed E-state index contributed by atoms with van der Waals surface area (Å²) >= 11 is 3.98. The highest BCUT2D eigenvalue weighted by Gasteiger charge is 2.37. The van der Waals surface area contributed by atoms with Crippen molar-refractivity contribution in [2.75, 3.05) is 6.54 Å². The number of sulfonamides is 1. The number of carbonyl (C=O) groups is 4. The fourth-order valence-corrected chi connectivity index (χ4v) is 6.77. The van der Waals surface area contributed by atoms with Crippen LogP contribution < -0.4 is 10.0 Å². The monoisotopic (exact) mass is 748 g/mol. The SMILES string of the molecule is O=C(CN1C(=O)SC(=Cc2ccc(-c3ccccc3)cc2)C1=O)N[C@@H](Cc1ccc(Br)cc1)C(=O)NS(=O)(=O)c1ccc([N+](=O)[O-])cc1. The van der Waals surface area contributed by atoms with Crippen LogP contribution in [0.5, 0.6) is 0 Å². The minimum Gasteiger partial charge on any atom is -0.342 e. The number of nitro benzene ring substituents is 1. The van der Waals surface area contributed by atoms with Crippen LogP contribution in [0.4, 0.5) is 10.5 Å². The van der Waals surface area contributed by atoms with E-state index in [0.717, 1.165) is 44.8 Å².